The maximum absolute atomic E-state index is 12.3. The van der Waals surface area contributed by atoms with E-state index in [0.717, 1.165) is 11.4 Å². The first kappa shape index (κ1) is 16.3. The van der Waals surface area contributed by atoms with Gasteiger partial charge in [-0.05, 0) is 36.4 Å². The summed E-state index contributed by atoms with van der Waals surface area (Å²) < 4.78 is 6.72. The number of methoxy groups -OCH3 is 1. The number of rotatable bonds is 4. The summed E-state index contributed by atoms with van der Waals surface area (Å²) in [6, 6.07) is 12.3. The fraction of sp³-hybridized carbons (Fsp3) is 0.111. The van der Waals surface area contributed by atoms with Crippen molar-refractivity contribution >= 4 is 29.0 Å². The number of benzene rings is 2. The van der Waals surface area contributed by atoms with Crippen molar-refractivity contribution in [2.24, 2.45) is 0 Å². The van der Waals surface area contributed by atoms with Gasteiger partial charge in [0, 0.05) is 0 Å². The van der Waals surface area contributed by atoms with Gasteiger partial charge in [-0.1, -0.05) is 22.9 Å². The Morgan fingerprint density at radius 1 is 1.12 bits per heavy atom. The molecule has 0 bridgehead atoms. The van der Waals surface area contributed by atoms with Crippen LogP contribution in [-0.4, -0.2) is 33.8 Å². The van der Waals surface area contributed by atoms with Crippen LogP contribution in [0.2, 0.25) is 5.02 Å². The maximum atomic E-state index is 12.3. The monoisotopic (exact) mass is 368 g/mol. The van der Waals surface area contributed by atoms with E-state index in [2.05, 4.69) is 10.3 Å². The van der Waals surface area contributed by atoms with Crippen LogP contribution in [0.25, 0.3) is 5.69 Å². The van der Waals surface area contributed by atoms with Gasteiger partial charge in [0.25, 0.3) is 11.7 Å². The van der Waals surface area contributed by atoms with Crippen LogP contribution in [0, 0.1) is 0 Å². The maximum Gasteiger partial charge on any atom is 0.299 e. The third-order valence-corrected chi connectivity index (χ3v) is 4.46. The first-order chi connectivity index (χ1) is 12.6. The minimum absolute atomic E-state index is 0.133. The molecule has 8 heteroatoms. The predicted molar refractivity (Wildman–Crippen MR) is 94.9 cm³/mol. The Kier molecular flexibility index (Phi) is 3.93. The van der Waals surface area contributed by atoms with Crippen LogP contribution in [0.5, 0.6) is 5.75 Å². The molecule has 2 aromatic carbocycles. The molecule has 0 saturated carbocycles. The summed E-state index contributed by atoms with van der Waals surface area (Å²) in [7, 11) is 1.60. The van der Waals surface area contributed by atoms with Gasteiger partial charge in [-0.2, -0.15) is 0 Å². The van der Waals surface area contributed by atoms with Gasteiger partial charge in [0.1, 0.15) is 11.4 Å². The molecule has 0 radical (unpaired) electrons. The van der Waals surface area contributed by atoms with Crippen LogP contribution >= 0.6 is 11.6 Å². The number of halogens is 1. The highest BCUT2D eigenvalue weighted by atomic mass is 35.5. The number of ether oxygens (including phenoxy) is 1. The van der Waals surface area contributed by atoms with E-state index in [1.807, 2.05) is 24.3 Å². The van der Waals surface area contributed by atoms with E-state index in [0.29, 0.717) is 11.4 Å². The molecular formula is C18H13ClN4O3. The number of amides is 1. The minimum atomic E-state index is -0.618. The zero-order valence-electron chi connectivity index (χ0n) is 13.7. The van der Waals surface area contributed by atoms with Crippen LogP contribution in [0.15, 0.2) is 48.7 Å². The Hall–Kier alpha value is -3.19. The van der Waals surface area contributed by atoms with Crippen LogP contribution in [-0.2, 0) is 11.3 Å². The Balaban J connectivity index is 1.61. The van der Waals surface area contributed by atoms with Gasteiger partial charge in [0.15, 0.2) is 0 Å². The normalized spacial score (nSPS) is 13.2. The molecule has 0 spiro atoms. The second kappa shape index (κ2) is 6.27. The molecule has 1 aliphatic rings. The van der Waals surface area contributed by atoms with E-state index >= 15 is 0 Å². The van der Waals surface area contributed by atoms with Crippen molar-refractivity contribution in [3.05, 3.63) is 64.9 Å². The Bertz CT molecular complexity index is 1010. The Morgan fingerprint density at radius 2 is 1.88 bits per heavy atom. The largest absolute Gasteiger partial charge is 0.497 e. The van der Waals surface area contributed by atoms with Crippen LogP contribution in [0.1, 0.15) is 16.1 Å². The van der Waals surface area contributed by atoms with Crippen LogP contribution < -0.4 is 9.64 Å². The molecule has 7 nitrogen and oxygen atoms in total. The summed E-state index contributed by atoms with van der Waals surface area (Å²) in [6.45, 7) is 0.133. The van der Waals surface area contributed by atoms with Gasteiger partial charge in [0.2, 0.25) is 0 Å². The van der Waals surface area contributed by atoms with Gasteiger partial charge in [-0.15, -0.1) is 5.10 Å². The SMILES string of the molecule is COc1ccc(-n2cc(CN3C(=O)C(=O)c4c(Cl)cccc43)nn2)cc1. The number of fused-ring (bicyclic) bond motifs is 1. The first-order valence-corrected chi connectivity index (χ1v) is 8.16. The van der Waals surface area contributed by atoms with Crippen molar-refractivity contribution in [3.8, 4) is 11.4 Å². The molecule has 2 heterocycles. The van der Waals surface area contributed by atoms with E-state index in [9.17, 15) is 9.59 Å². The van der Waals surface area contributed by atoms with Gasteiger partial charge < -0.3 is 4.74 Å². The van der Waals surface area contributed by atoms with Crippen molar-refractivity contribution in [2.45, 2.75) is 6.54 Å². The van der Waals surface area contributed by atoms with E-state index in [1.54, 1.807) is 36.2 Å². The van der Waals surface area contributed by atoms with Crippen LogP contribution in [0.4, 0.5) is 5.69 Å². The average molecular weight is 369 g/mol. The van der Waals surface area contributed by atoms with E-state index in [-0.39, 0.29) is 17.1 Å². The molecule has 0 aliphatic carbocycles. The molecule has 0 atom stereocenters. The van der Waals surface area contributed by atoms with Gasteiger partial charge >= 0.3 is 0 Å². The van der Waals surface area contributed by atoms with Crippen molar-refractivity contribution in [1.29, 1.82) is 0 Å². The number of anilines is 1. The molecule has 4 rings (SSSR count). The fourth-order valence-corrected chi connectivity index (χ4v) is 3.11. The smallest absolute Gasteiger partial charge is 0.299 e. The molecule has 0 saturated heterocycles. The van der Waals surface area contributed by atoms with Crippen molar-refractivity contribution in [2.75, 3.05) is 12.0 Å². The highest BCUT2D eigenvalue weighted by Crippen LogP contribution is 2.34. The molecule has 0 fully saturated rings. The van der Waals surface area contributed by atoms with E-state index in [4.69, 9.17) is 16.3 Å². The molecule has 1 amide bonds. The number of Topliss-reactive ketones (excluding diaryl/α,β-unsaturated/α-hetero) is 1. The third-order valence-electron chi connectivity index (χ3n) is 4.15. The summed E-state index contributed by atoms with van der Waals surface area (Å²) in [6.07, 6.45) is 1.71. The van der Waals surface area contributed by atoms with Crippen molar-refractivity contribution in [3.63, 3.8) is 0 Å². The second-order valence-electron chi connectivity index (χ2n) is 5.71. The summed E-state index contributed by atoms with van der Waals surface area (Å²) >= 11 is 6.06. The minimum Gasteiger partial charge on any atom is -0.497 e. The lowest BCUT2D eigenvalue weighted by molar-refractivity contribution is -0.114. The summed E-state index contributed by atoms with van der Waals surface area (Å²) in [5, 5.41) is 8.44. The molecular weight excluding hydrogens is 356 g/mol. The average Bonchev–Trinajstić information content (AvgIpc) is 3.22. The number of hydrogen-bond acceptors (Lipinski definition) is 5. The fourth-order valence-electron chi connectivity index (χ4n) is 2.85. The van der Waals surface area contributed by atoms with Gasteiger partial charge in [0.05, 0.1) is 41.8 Å². The molecule has 26 heavy (non-hydrogen) atoms. The summed E-state index contributed by atoms with van der Waals surface area (Å²) in [5.41, 5.74) is 2.08. The molecule has 0 unspecified atom stereocenters. The Labute approximate surface area is 153 Å². The quantitative estimate of drug-likeness (QED) is 0.662. The summed E-state index contributed by atoms with van der Waals surface area (Å²) in [5.74, 6) is -0.482. The lowest BCUT2D eigenvalue weighted by Crippen LogP contribution is -2.29. The van der Waals surface area contributed by atoms with Crippen LogP contribution in [0.3, 0.4) is 0 Å². The number of aromatic nitrogens is 3. The van der Waals surface area contributed by atoms with Crippen molar-refractivity contribution < 1.29 is 14.3 Å². The zero-order chi connectivity index (χ0) is 18.3. The number of nitrogens with zero attached hydrogens (tertiary/aromatic N) is 4. The molecule has 3 aromatic rings. The molecule has 1 aromatic heterocycles. The highest BCUT2D eigenvalue weighted by molar-refractivity contribution is 6.55. The van der Waals surface area contributed by atoms with E-state index < -0.39 is 11.7 Å². The van der Waals surface area contributed by atoms with Gasteiger partial charge in [-0.3, -0.25) is 14.5 Å². The number of hydrogen-bond donors (Lipinski definition) is 0. The van der Waals surface area contributed by atoms with Gasteiger partial charge in [-0.25, -0.2) is 4.68 Å². The molecule has 0 N–H and O–H groups in total. The number of carbonyl (C=O) groups excluding carboxylic acids is 2. The first-order valence-electron chi connectivity index (χ1n) is 7.79. The Morgan fingerprint density at radius 3 is 2.62 bits per heavy atom. The standard InChI is InChI=1S/C18H13ClN4O3/c1-26-13-7-5-12(6-8-13)23-10-11(20-21-23)9-22-15-4-2-3-14(19)16(15)17(24)18(22)25/h2-8,10H,9H2,1H3. The molecule has 1 aliphatic heterocycles. The second-order valence-corrected chi connectivity index (χ2v) is 6.11. The topological polar surface area (TPSA) is 77.3 Å². The lowest BCUT2D eigenvalue weighted by atomic mass is 10.1. The van der Waals surface area contributed by atoms with E-state index in [1.165, 1.54) is 4.90 Å². The number of ketones is 1. The summed E-state index contributed by atoms with van der Waals surface area (Å²) in [4.78, 5) is 25.9. The van der Waals surface area contributed by atoms with Crippen molar-refractivity contribution in [1.82, 2.24) is 15.0 Å². The third kappa shape index (κ3) is 2.62. The predicted octanol–water partition coefficient (Wildman–Crippen LogP) is 2.66. The molecule has 130 valence electrons. The highest BCUT2D eigenvalue weighted by Gasteiger charge is 2.37. The lowest BCUT2D eigenvalue weighted by Gasteiger charge is -2.14. The number of carbonyl (C=O) groups is 2. The zero-order valence-corrected chi connectivity index (χ0v) is 14.5.